The van der Waals surface area contributed by atoms with Crippen LogP contribution in [0.3, 0.4) is 0 Å². The summed E-state index contributed by atoms with van der Waals surface area (Å²) in [7, 11) is 3.89. The van der Waals surface area contributed by atoms with Gasteiger partial charge in [-0.15, -0.1) is 0 Å². The van der Waals surface area contributed by atoms with Crippen LogP contribution in [0.2, 0.25) is 0 Å². The fourth-order valence-electron chi connectivity index (χ4n) is 0.312. The first-order valence-electron chi connectivity index (χ1n) is 2.78. The monoisotopic (exact) mass is 146 g/mol. The summed E-state index contributed by atoms with van der Waals surface area (Å²) >= 11 is 1.57. The van der Waals surface area contributed by atoms with E-state index in [1.165, 1.54) is 0 Å². The van der Waals surface area contributed by atoms with Crippen molar-refractivity contribution in [3.8, 4) is 0 Å². The molecule has 0 aromatic heterocycles. The van der Waals surface area contributed by atoms with Crippen molar-refractivity contribution in [1.29, 1.82) is 0 Å². The molecule has 0 aromatic carbocycles. The highest BCUT2D eigenvalue weighted by molar-refractivity contribution is 8.03. The highest BCUT2D eigenvalue weighted by atomic mass is 32.2. The van der Waals surface area contributed by atoms with Crippen LogP contribution < -0.4 is 5.73 Å². The molecule has 0 spiro atoms. The molecule has 2 nitrogen and oxygen atoms in total. The summed E-state index contributed by atoms with van der Waals surface area (Å²) in [6.45, 7) is 5.69. The molecular weight excluding hydrogens is 132 g/mol. The molecule has 0 saturated carbocycles. The van der Waals surface area contributed by atoms with E-state index in [1.807, 2.05) is 25.9 Å². The van der Waals surface area contributed by atoms with Gasteiger partial charge in [-0.1, -0.05) is 18.3 Å². The van der Waals surface area contributed by atoms with Crippen molar-refractivity contribution in [3.05, 3.63) is 11.5 Å². The Morgan fingerprint density at radius 1 is 1.67 bits per heavy atom. The Morgan fingerprint density at radius 3 is 2.22 bits per heavy atom. The predicted octanol–water partition coefficient (Wildman–Crippen LogP) is 1.06. The summed E-state index contributed by atoms with van der Waals surface area (Å²) in [5.41, 5.74) is 5.69. The van der Waals surface area contributed by atoms with Crippen molar-refractivity contribution in [1.82, 2.24) is 4.90 Å². The fourth-order valence-corrected chi connectivity index (χ4v) is 0.935. The molecule has 0 aliphatic carbocycles. The summed E-state index contributed by atoms with van der Waals surface area (Å²) in [6.07, 6.45) is 0. The smallest absolute Gasteiger partial charge is 0.109 e. The summed E-state index contributed by atoms with van der Waals surface area (Å²) < 4.78 is 0. The average molecular weight is 146 g/mol. The quantitative estimate of drug-likeness (QED) is 0.604. The number of hydrogen-bond acceptors (Lipinski definition) is 3. The number of nitrogens with two attached hydrogens (primary N) is 1. The second-order valence-corrected chi connectivity index (χ2v) is 3.59. The van der Waals surface area contributed by atoms with Gasteiger partial charge >= 0.3 is 0 Å². The Kier molecular flexibility index (Phi) is 3.93. The zero-order valence-corrected chi connectivity index (χ0v) is 7.03. The topological polar surface area (TPSA) is 29.3 Å². The van der Waals surface area contributed by atoms with Crippen LogP contribution in [0.25, 0.3) is 0 Å². The van der Waals surface area contributed by atoms with Crippen LogP contribution in [0, 0.1) is 0 Å². The van der Waals surface area contributed by atoms with E-state index < -0.39 is 0 Å². The third kappa shape index (κ3) is 4.51. The molecular formula is C6H14N2S. The minimum absolute atomic E-state index is 0.0440. The normalized spacial score (nSPS) is 13.9. The Labute approximate surface area is 61.1 Å². The van der Waals surface area contributed by atoms with E-state index in [-0.39, 0.29) is 5.50 Å². The maximum atomic E-state index is 5.65. The number of thioether (sulfide) groups is 1. The summed E-state index contributed by atoms with van der Waals surface area (Å²) in [6, 6.07) is 0. The molecule has 0 radical (unpaired) electrons. The lowest BCUT2D eigenvalue weighted by molar-refractivity contribution is 0.391. The van der Waals surface area contributed by atoms with E-state index in [4.69, 9.17) is 5.73 Å². The van der Waals surface area contributed by atoms with Crippen molar-refractivity contribution < 1.29 is 0 Å². The maximum Gasteiger partial charge on any atom is 0.109 e. The second kappa shape index (κ2) is 3.93. The van der Waals surface area contributed by atoms with Crippen molar-refractivity contribution in [2.75, 3.05) is 14.1 Å². The molecule has 0 fully saturated rings. The van der Waals surface area contributed by atoms with Gasteiger partial charge in [0.05, 0.1) is 0 Å². The molecule has 2 N–H and O–H groups in total. The number of hydrogen-bond donors (Lipinski definition) is 1. The zero-order chi connectivity index (χ0) is 7.44. The predicted molar refractivity (Wildman–Crippen MR) is 44.1 cm³/mol. The molecule has 0 rings (SSSR count). The molecule has 1 unspecified atom stereocenters. The molecule has 3 heteroatoms. The molecule has 9 heavy (non-hydrogen) atoms. The van der Waals surface area contributed by atoms with E-state index >= 15 is 0 Å². The molecule has 0 amide bonds. The molecule has 0 heterocycles. The molecule has 54 valence electrons. The summed E-state index contributed by atoms with van der Waals surface area (Å²) in [5, 5.41) is 0. The van der Waals surface area contributed by atoms with Gasteiger partial charge in [0.15, 0.2) is 0 Å². The molecule has 0 aromatic rings. The first kappa shape index (κ1) is 9.01. The largest absolute Gasteiger partial charge is 0.307 e. The van der Waals surface area contributed by atoms with Gasteiger partial charge in [0, 0.05) is 0 Å². The van der Waals surface area contributed by atoms with Crippen LogP contribution in [0.4, 0.5) is 0 Å². The van der Waals surface area contributed by atoms with E-state index in [2.05, 4.69) is 6.58 Å². The zero-order valence-electron chi connectivity index (χ0n) is 6.22. The van der Waals surface area contributed by atoms with Gasteiger partial charge in [0.1, 0.15) is 5.50 Å². The number of rotatable bonds is 3. The average Bonchev–Trinajstić information content (AvgIpc) is 1.63. The van der Waals surface area contributed by atoms with Crippen LogP contribution in [0.5, 0.6) is 0 Å². The van der Waals surface area contributed by atoms with E-state index in [0.717, 1.165) is 4.91 Å². The van der Waals surface area contributed by atoms with Gasteiger partial charge in [0.25, 0.3) is 0 Å². The highest BCUT2D eigenvalue weighted by Gasteiger charge is 2.03. The molecule has 0 saturated heterocycles. The second-order valence-electron chi connectivity index (χ2n) is 2.17. The van der Waals surface area contributed by atoms with E-state index in [1.54, 1.807) is 11.8 Å². The fraction of sp³-hybridized carbons (Fsp3) is 0.667. The van der Waals surface area contributed by atoms with Crippen LogP contribution in [0.15, 0.2) is 11.5 Å². The molecule has 0 bridgehead atoms. The third-order valence-electron chi connectivity index (χ3n) is 0.831. The molecule has 0 aliphatic heterocycles. The first-order chi connectivity index (χ1) is 4.04. The van der Waals surface area contributed by atoms with Crippen LogP contribution in [-0.4, -0.2) is 24.5 Å². The summed E-state index contributed by atoms with van der Waals surface area (Å²) in [4.78, 5) is 3.00. The number of allylic oxidation sites excluding steroid dienone is 1. The first-order valence-corrected chi connectivity index (χ1v) is 3.66. The maximum absolute atomic E-state index is 5.65. The van der Waals surface area contributed by atoms with Crippen LogP contribution in [-0.2, 0) is 0 Å². The highest BCUT2D eigenvalue weighted by Crippen LogP contribution is 2.16. The van der Waals surface area contributed by atoms with Gasteiger partial charge < -0.3 is 5.73 Å². The van der Waals surface area contributed by atoms with Crippen molar-refractivity contribution in [2.24, 2.45) is 5.73 Å². The lowest BCUT2D eigenvalue weighted by Gasteiger charge is -2.18. The third-order valence-corrected chi connectivity index (χ3v) is 1.90. The standard InChI is InChI=1S/C6H14N2S/c1-5(2)9-6(7)8(3)4/h6H,1,7H2,2-4H3. The lowest BCUT2D eigenvalue weighted by Crippen LogP contribution is -2.32. The van der Waals surface area contributed by atoms with Gasteiger partial charge in [-0.05, 0) is 25.9 Å². The van der Waals surface area contributed by atoms with Crippen molar-refractivity contribution >= 4 is 11.8 Å². The minimum Gasteiger partial charge on any atom is -0.307 e. The lowest BCUT2D eigenvalue weighted by atomic mass is 10.8. The van der Waals surface area contributed by atoms with Crippen molar-refractivity contribution in [3.63, 3.8) is 0 Å². The van der Waals surface area contributed by atoms with Gasteiger partial charge in [-0.2, -0.15) is 0 Å². The van der Waals surface area contributed by atoms with Gasteiger partial charge in [-0.3, -0.25) is 4.90 Å². The Hall–Kier alpha value is 0.01000. The minimum atomic E-state index is 0.0440. The van der Waals surface area contributed by atoms with E-state index in [0.29, 0.717) is 0 Å². The Bertz CT molecular complexity index is 101. The summed E-state index contributed by atoms with van der Waals surface area (Å²) in [5.74, 6) is 0. The number of nitrogens with zero attached hydrogens (tertiary/aromatic N) is 1. The van der Waals surface area contributed by atoms with Crippen molar-refractivity contribution in [2.45, 2.75) is 12.4 Å². The Balaban J connectivity index is 3.50. The van der Waals surface area contributed by atoms with Gasteiger partial charge in [-0.25, -0.2) is 0 Å². The molecule has 1 atom stereocenters. The van der Waals surface area contributed by atoms with E-state index in [9.17, 15) is 0 Å². The van der Waals surface area contributed by atoms with Crippen LogP contribution in [0.1, 0.15) is 6.92 Å². The molecule has 0 aliphatic rings. The van der Waals surface area contributed by atoms with Crippen LogP contribution >= 0.6 is 11.8 Å². The van der Waals surface area contributed by atoms with Gasteiger partial charge in [0.2, 0.25) is 0 Å². The SMILES string of the molecule is C=C(C)SC(N)N(C)C. The Morgan fingerprint density at radius 2 is 2.11 bits per heavy atom.